The van der Waals surface area contributed by atoms with Crippen LogP contribution in [-0.4, -0.2) is 19.5 Å². The van der Waals surface area contributed by atoms with Crippen molar-refractivity contribution in [1.82, 2.24) is 19.5 Å². The fourth-order valence-corrected chi connectivity index (χ4v) is 10.1. The molecular formula is C51H28N4O2S. The van der Waals surface area contributed by atoms with E-state index in [1.807, 2.05) is 48.5 Å². The first-order chi connectivity index (χ1) is 28.7. The van der Waals surface area contributed by atoms with Gasteiger partial charge in [-0.05, 0) is 54.6 Å². The topological polar surface area (TPSA) is 69.9 Å². The second-order valence-electron chi connectivity index (χ2n) is 14.7. The number of para-hydroxylation sites is 2. The smallest absolute Gasteiger partial charge is 0.165 e. The number of furan rings is 2. The number of nitrogens with zero attached hydrogens (tertiary/aromatic N) is 4. The quantitative estimate of drug-likeness (QED) is 0.179. The van der Waals surface area contributed by atoms with Gasteiger partial charge in [0, 0.05) is 75.5 Å². The minimum absolute atomic E-state index is 0.567. The molecule has 0 unspecified atom stereocenters. The number of fused-ring (bicyclic) bond motifs is 13. The highest BCUT2D eigenvalue weighted by Gasteiger charge is 2.23. The molecule has 6 nitrogen and oxygen atoms in total. The standard InChI is InChI=1S/C51H28N4O2S/c1-2-12-29(13-3-1)49-52-50(54-51(53-49)38-19-10-17-36-34-16-6-9-23-44(34)58-48(36)38)37-18-11-22-41-45(37)46-42(56-41)27-26-35-33-25-24-30(28-43(33)57-47(35)46)55-39-20-7-4-14-31(39)32-15-5-8-21-40(32)55/h1-28H. The first-order valence-corrected chi connectivity index (χ1v) is 20.1. The Balaban J connectivity index is 1.05. The Bertz CT molecular complexity index is 3760. The lowest BCUT2D eigenvalue weighted by molar-refractivity contribution is 0.662. The molecule has 0 aliphatic rings. The highest BCUT2D eigenvalue weighted by molar-refractivity contribution is 7.26. The highest BCUT2D eigenvalue weighted by atomic mass is 32.1. The average molecular weight is 761 g/mol. The Morgan fingerprint density at radius 1 is 0.414 bits per heavy atom. The number of thiophene rings is 1. The molecule has 13 aromatic rings. The number of hydrogen-bond acceptors (Lipinski definition) is 6. The summed E-state index contributed by atoms with van der Waals surface area (Å²) in [5.74, 6) is 1.80. The van der Waals surface area contributed by atoms with Gasteiger partial charge >= 0.3 is 0 Å². The third-order valence-corrected chi connectivity index (χ3v) is 12.7. The van der Waals surface area contributed by atoms with E-state index in [9.17, 15) is 0 Å². The first kappa shape index (κ1) is 31.6. The molecule has 0 aliphatic heterocycles. The van der Waals surface area contributed by atoms with Gasteiger partial charge in [0.15, 0.2) is 17.5 Å². The Kier molecular flexibility index (Phi) is 6.50. The molecule has 0 saturated carbocycles. The van der Waals surface area contributed by atoms with Crippen molar-refractivity contribution in [2.45, 2.75) is 0 Å². The van der Waals surface area contributed by atoms with Crippen molar-refractivity contribution in [3.05, 3.63) is 170 Å². The molecular weight excluding hydrogens is 733 g/mol. The van der Waals surface area contributed by atoms with E-state index >= 15 is 0 Å². The lowest BCUT2D eigenvalue weighted by atomic mass is 10.0. The van der Waals surface area contributed by atoms with Gasteiger partial charge in [-0.25, -0.2) is 15.0 Å². The van der Waals surface area contributed by atoms with Gasteiger partial charge < -0.3 is 13.4 Å². The summed E-state index contributed by atoms with van der Waals surface area (Å²) in [7, 11) is 0. The van der Waals surface area contributed by atoms with E-state index in [2.05, 4.69) is 126 Å². The van der Waals surface area contributed by atoms with Crippen molar-refractivity contribution < 1.29 is 8.83 Å². The Labute approximate surface area is 333 Å². The van der Waals surface area contributed by atoms with Crippen LogP contribution in [0, 0.1) is 0 Å². The van der Waals surface area contributed by atoms with Crippen LogP contribution in [0.3, 0.4) is 0 Å². The fraction of sp³-hybridized carbons (Fsp3) is 0. The number of hydrogen-bond donors (Lipinski definition) is 0. The van der Waals surface area contributed by atoms with Crippen molar-refractivity contribution in [1.29, 1.82) is 0 Å². The molecule has 270 valence electrons. The van der Waals surface area contributed by atoms with Gasteiger partial charge in [0.2, 0.25) is 0 Å². The van der Waals surface area contributed by atoms with E-state index < -0.39 is 0 Å². The molecule has 0 fully saturated rings. The highest BCUT2D eigenvalue weighted by Crippen LogP contribution is 2.44. The summed E-state index contributed by atoms with van der Waals surface area (Å²) in [4.78, 5) is 15.6. The minimum atomic E-state index is 0.567. The van der Waals surface area contributed by atoms with E-state index in [1.54, 1.807) is 11.3 Å². The monoisotopic (exact) mass is 760 g/mol. The van der Waals surface area contributed by atoms with Crippen LogP contribution in [0.1, 0.15) is 0 Å². The number of rotatable bonds is 4. The predicted octanol–water partition coefficient (Wildman–Crippen LogP) is 14.1. The summed E-state index contributed by atoms with van der Waals surface area (Å²) in [6.45, 7) is 0. The van der Waals surface area contributed by atoms with Crippen molar-refractivity contribution >= 4 is 97.2 Å². The molecule has 0 radical (unpaired) electrons. The molecule has 0 bridgehead atoms. The van der Waals surface area contributed by atoms with Crippen LogP contribution in [-0.2, 0) is 0 Å². The molecule has 5 aromatic heterocycles. The fourth-order valence-electron chi connectivity index (χ4n) is 8.91. The summed E-state index contributed by atoms with van der Waals surface area (Å²) in [5, 5.41) is 8.73. The molecule has 8 aromatic carbocycles. The van der Waals surface area contributed by atoms with E-state index in [-0.39, 0.29) is 0 Å². The van der Waals surface area contributed by atoms with Crippen LogP contribution in [0.15, 0.2) is 179 Å². The van der Waals surface area contributed by atoms with Gasteiger partial charge in [0.1, 0.15) is 22.3 Å². The van der Waals surface area contributed by atoms with E-state index in [0.29, 0.717) is 17.5 Å². The van der Waals surface area contributed by atoms with Gasteiger partial charge in [0.05, 0.1) is 16.4 Å². The van der Waals surface area contributed by atoms with Crippen LogP contribution >= 0.6 is 11.3 Å². The predicted molar refractivity (Wildman–Crippen MR) is 238 cm³/mol. The molecule has 0 aliphatic carbocycles. The molecule has 5 heterocycles. The number of aromatic nitrogens is 4. The van der Waals surface area contributed by atoms with Gasteiger partial charge in [-0.1, -0.05) is 109 Å². The van der Waals surface area contributed by atoms with Crippen molar-refractivity contribution in [3.63, 3.8) is 0 Å². The van der Waals surface area contributed by atoms with E-state index in [0.717, 1.165) is 82.0 Å². The van der Waals surface area contributed by atoms with Crippen LogP contribution in [0.25, 0.3) is 126 Å². The van der Waals surface area contributed by atoms with Crippen LogP contribution in [0.2, 0.25) is 0 Å². The third kappa shape index (κ3) is 4.50. The normalized spacial score (nSPS) is 12.1. The molecule has 0 saturated heterocycles. The summed E-state index contributed by atoms with van der Waals surface area (Å²) >= 11 is 1.77. The molecule has 0 atom stereocenters. The van der Waals surface area contributed by atoms with Gasteiger partial charge in [-0.2, -0.15) is 0 Å². The summed E-state index contributed by atoms with van der Waals surface area (Å²) in [5.41, 5.74) is 9.14. The van der Waals surface area contributed by atoms with Crippen molar-refractivity contribution in [2.75, 3.05) is 0 Å². The summed E-state index contributed by atoms with van der Waals surface area (Å²) < 4.78 is 18.2. The van der Waals surface area contributed by atoms with Gasteiger partial charge in [-0.15, -0.1) is 11.3 Å². The van der Waals surface area contributed by atoms with Crippen LogP contribution in [0.5, 0.6) is 0 Å². The zero-order valence-corrected chi connectivity index (χ0v) is 31.5. The second kappa shape index (κ2) is 11.9. The maximum atomic E-state index is 6.92. The maximum absolute atomic E-state index is 6.92. The van der Waals surface area contributed by atoms with Crippen molar-refractivity contribution in [2.24, 2.45) is 0 Å². The van der Waals surface area contributed by atoms with Crippen LogP contribution in [0.4, 0.5) is 0 Å². The average Bonchev–Trinajstić information content (AvgIpc) is 4.05. The molecule has 58 heavy (non-hydrogen) atoms. The minimum Gasteiger partial charge on any atom is -0.456 e. The lowest BCUT2D eigenvalue weighted by Crippen LogP contribution is -2.00. The SMILES string of the molecule is c1ccc(-c2nc(-c3cccc4c3sc3ccccc34)nc(-c3cccc4oc5ccc6c7ccc(-n8c9ccccc9c9ccccc98)cc7oc6c5c34)n2)cc1. The van der Waals surface area contributed by atoms with Gasteiger partial charge in [-0.3, -0.25) is 0 Å². The zero-order valence-electron chi connectivity index (χ0n) is 30.7. The third-order valence-electron chi connectivity index (χ3n) is 11.5. The molecule has 0 amide bonds. The zero-order chi connectivity index (χ0) is 37.9. The molecule has 0 spiro atoms. The van der Waals surface area contributed by atoms with Crippen molar-refractivity contribution in [3.8, 4) is 39.9 Å². The van der Waals surface area contributed by atoms with Gasteiger partial charge in [0.25, 0.3) is 0 Å². The van der Waals surface area contributed by atoms with Crippen LogP contribution < -0.4 is 0 Å². The Morgan fingerprint density at radius 2 is 1.05 bits per heavy atom. The molecule has 13 rings (SSSR count). The molecule has 7 heteroatoms. The molecule has 0 N–H and O–H groups in total. The maximum Gasteiger partial charge on any atom is 0.165 e. The summed E-state index contributed by atoms with van der Waals surface area (Å²) in [6.07, 6.45) is 0. The number of benzene rings is 8. The lowest BCUT2D eigenvalue weighted by Gasteiger charge is -2.10. The largest absolute Gasteiger partial charge is 0.456 e. The Hall–Kier alpha value is -7.61. The first-order valence-electron chi connectivity index (χ1n) is 19.3. The van der Waals surface area contributed by atoms with E-state index in [4.69, 9.17) is 23.8 Å². The Morgan fingerprint density at radius 3 is 1.88 bits per heavy atom. The second-order valence-corrected chi connectivity index (χ2v) is 15.8. The van der Waals surface area contributed by atoms with E-state index in [1.165, 1.54) is 26.2 Å². The summed E-state index contributed by atoms with van der Waals surface area (Å²) in [6, 6.07) is 58.9.